The summed E-state index contributed by atoms with van der Waals surface area (Å²) < 4.78 is 0. The summed E-state index contributed by atoms with van der Waals surface area (Å²) >= 11 is 0. The van der Waals surface area contributed by atoms with Gasteiger partial charge < -0.3 is 0 Å². The lowest BCUT2D eigenvalue weighted by Crippen LogP contribution is -2.31. The monoisotopic (exact) mass is 404 g/mol. The number of rotatable bonds is 7. The van der Waals surface area contributed by atoms with Gasteiger partial charge in [-0.25, -0.2) is 0 Å². The molecule has 0 bridgehead atoms. The molecule has 0 saturated carbocycles. The van der Waals surface area contributed by atoms with Gasteiger partial charge in [-0.3, -0.25) is 9.59 Å². The minimum atomic E-state index is -0.866. The molecule has 152 valence electrons. The van der Waals surface area contributed by atoms with Crippen molar-refractivity contribution >= 4 is 11.6 Å². The predicted molar refractivity (Wildman–Crippen MR) is 124 cm³/mol. The van der Waals surface area contributed by atoms with Gasteiger partial charge in [-0.2, -0.15) is 0 Å². The van der Waals surface area contributed by atoms with Crippen molar-refractivity contribution in [2.75, 3.05) is 0 Å². The van der Waals surface area contributed by atoms with Crippen LogP contribution in [0, 0.1) is 12.8 Å². The van der Waals surface area contributed by atoms with Gasteiger partial charge in [0.1, 0.15) is 0 Å². The number of carbonyl (C=O) groups excluding carboxylic acids is 2. The van der Waals surface area contributed by atoms with Gasteiger partial charge in [0.05, 0.1) is 5.92 Å². The Balaban J connectivity index is 1.90. The van der Waals surface area contributed by atoms with E-state index in [1.165, 1.54) is 0 Å². The van der Waals surface area contributed by atoms with Crippen molar-refractivity contribution in [3.05, 3.63) is 143 Å². The first-order chi connectivity index (χ1) is 15.1. The Labute approximate surface area is 183 Å². The minimum absolute atomic E-state index is 0.163. The van der Waals surface area contributed by atoms with Gasteiger partial charge in [0.15, 0.2) is 11.6 Å². The highest BCUT2D eigenvalue weighted by Gasteiger charge is 2.37. The Bertz CT molecular complexity index is 1100. The Morgan fingerprint density at radius 2 is 0.903 bits per heavy atom. The van der Waals surface area contributed by atoms with E-state index in [-0.39, 0.29) is 17.5 Å². The fourth-order valence-electron chi connectivity index (χ4n) is 4.00. The van der Waals surface area contributed by atoms with Gasteiger partial charge >= 0.3 is 0 Å². The van der Waals surface area contributed by atoms with Crippen molar-refractivity contribution < 1.29 is 9.59 Å². The standard InChI is InChI=1S/C29H24O2/c1-21-17-19-23(20-18-21)26(22-11-5-2-6-12-22)27(28(30)24-13-7-3-8-14-24)29(31)25-15-9-4-10-16-25/h2-20,26-27H,1H3. The van der Waals surface area contributed by atoms with Crippen LogP contribution in [-0.2, 0) is 0 Å². The van der Waals surface area contributed by atoms with E-state index in [1.54, 1.807) is 24.3 Å². The number of carbonyl (C=O) groups is 2. The normalized spacial score (nSPS) is 11.8. The molecule has 4 aromatic rings. The molecule has 0 amide bonds. The average molecular weight is 405 g/mol. The van der Waals surface area contributed by atoms with E-state index in [1.807, 2.05) is 97.9 Å². The molecule has 2 nitrogen and oxygen atoms in total. The van der Waals surface area contributed by atoms with Gasteiger partial charge in [0.25, 0.3) is 0 Å². The SMILES string of the molecule is Cc1ccc(C(c2ccccc2)C(C(=O)c2ccccc2)C(=O)c2ccccc2)cc1. The van der Waals surface area contributed by atoms with Gasteiger partial charge in [-0.05, 0) is 18.1 Å². The maximum Gasteiger partial charge on any atom is 0.174 e. The molecule has 0 aromatic heterocycles. The first-order valence-corrected chi connectivity index (χ1v) is 10.4. The Kier molecular flexibility index (Phi) is 6.18. The smallest absolute Gasteiger partial charge is 0.174 e. The van der Waals surface area contributed by atoms with Crippen LogP contribution in [0.1, 0.15) is 43.3 Å². The molecule has 0 N–H and O–H groups in total. The summed E-state index contributed by atoms with van der Waals surface area (Å²) in [6, 6.07) is 36.2. The van der Waals surface area contributed by atoms with Crippen LogP contribution in [-0.4, -0.2) is 11.6 Å². The molecular weight excluding hydrogens is 380 g/mol. The lowest BCUT2D eigenvalue weighted by molar-refractivity contribution is 0.0793. The van der Waals surface area contributed by atoms with Crippen LogP contribution in [0.4, 0.5) is 0 Å². The number of ketones is 2. The fraction of sp³-hybridized carbons (Fsp3) is 0.103. The van der Waals surface area contributed by atoms with Gasteiger partial charge in [0.2, 0.25) is 0 Å². The molecule has 1 atom stereocenters. The van der Waals surface area contributed by atoms with Crippen LogP contribution in [0.25, 0.3) is 0 Å². The Hall–Kier alpha value is -3.78. The molecule has 2 heteroatoms. The summed E-state index contributed by atoms with van der Waals surface area (Å²) in [5.74, 6) is -1.58. The van der Waals surface area contributed by atoms with Crippen LogP contribution in [0.15, 0.2) is 115 Å². The number of benzene rings is 4. The second-order valence-electron chi connectivity index (χ2n) is 7.74. The first kappa shape index (κ1) is 20.5. The van der Waals surface area contributed by atoms with E-state index < -0.39 is 5.92 Å². The van der Waals surface area contributed by atoms with E-state index in [0.29, 0.717) is 11.1 Å². The van der Waals surface area contributed by atoms with E-state index in [4.69, 9.17) is 0 Å². The summed E-state index contributed by atoms with van der Waals surface area (Å²) in [4.78, 5) is 27.6. The molecular formula is C29H24O2. The fourth-order valence-corrected chi connectivity index (χ4v) is 4.00. The zero-order chi connectivity index (χ0) is 21.6. The maximum absolute atomic E-state index is 13.8. The third-order valence-corrected chi connectivity index (χ3v) is 5.61. The van der Waals surface area contributed by atoms with Crippen molar-refractivity contribution in [3.63, 3.8) is 0 Å². The molecule has 0 saturated heterocycles. The minimum Gasteiger partial charge on any atom is -0.293 e. The number of Topliss-reactive ketones (excluding diaryl/α,β-unsaturated/α-hetero) is 2. The highest BCUT2D eigenvalue weighted by Crippen LogP contribution is 2.36. The summed E-state index contributed by atoms with van der Waals surface area (Å²) in [5, 5.41) is 0. The first-order valence-electron chi connectivity index (χ1n) is 10.4. The van der Waals surface area contributed by atoms with Crippen LogP contribution < -0.4 is 0 Å². The topological polar surface area (TPSA) is 34.1 Å². The quantitative estimate of drug-likeness (QED) is 0.260. The Morgan fingerprint density at radius 3 is 1.35 bits per heavy atom. The number of hydrogen-bond acceptors (Lipinski definition) is 2. The van der Waals surface area contributed by atoms with Crippen LogP contribution in [0.2, 0.25) is 0 Å². The molecule has 1 unspecified atom stereocenters. The lowest BCUT2D eigenvalue weighted by atomic mass is 9.73. The van der Waals surface area contributed by atoms with Crippen molar-refractivity contribution in [2.45, 2.75) is 12.8 Å². The van der Waals surface area contributed by atoms with E-state index in [2.05, 4.69) is 0 Å². The highest BCUT2D eigenvalue weighted by atomic mass is 16.2. The summed E-state index contributed by atoms with van der Waals surface area (Å²) in [6.07, 6.45) is 0. The molecule has 0 aliphatic heterocycles. The molecule has 0 aliphatic carbocycles. The summed E-state index contributed by atoms with van der Waals surface area (Å²) in [7, 11) is 0. The van der Waals surface area contributed by atoms with Crippen molar-refractivity contribution in [1.29, 1.82) is 0 Å². The second kappa shape index (κ2) is 9.36. The van der Waals surface area contributed by atoms with Crippen molar-refractivity contribution in [1.82, 2.24) is 0 Å². The van der Waals surface area contributed by atoms with E-state index in [9.17, 15) is 9.59 Å². The van der Waals surface area contributed by atoms with Crippen molar-refractivity contribution in [2.24, 2.45) is 5.92 Å². The maximum atomic E-state index is 13.8. The van der Waals surface area contributed by atoms with Crippen LogP contribution in [0.5, 0.6) is 0 Å². The third-order valence-electron chi connectivity index (χ3n) is 5.61. The zero-order valence-corrected chi connectivity index (χ0v) is 17.4. The highest BCUT2D eigenvalue weighted by molar-refractivity contribution is 6.17. The lowest BCUT2D eigenvalue weighted by Gasteiger charge is -2.27. The van der Waals surface area contributed by atoms with Crippen molar-refractivity contribution in [3.8, 4) is 0 Å². The molecule has 0 spiro atoms. The largest absolute Gasteiger partial charge is 0.293 e. The average Bonchev–Trinajstić information content (AvgIpc) is 2.84. The van der Waals surface area contributed by atoms with Gasteiger partial charge in [-0.1, -0.05) is 121 Å². The predicted octanol–water partition coefficient (Wildman–Crippen LogP) is 6.51. The molecule has 0 heterocycles. The number of hydrogen-bond donors (Lipinski definition) is 0. The van der Waals surface area contributed by atoms with E-state index >= 15 is 0 Å². The van der Waals surface area contributed by atoms with Crippen LogP contribution in [0.3, 0.4) is 0 Å². The van der Waals surface area contributed by atoms with Gasteiger partial charge in [0, 0.05) is 17.0 Å². The molecule has 4 rings (SSSR count). The molecule has 0 fully saturated rings. The van der Waals surface area contributed by atoms with E-state index in [0.717, 1.165) is 16.7 Å². The second-order valence-corrected chi connectivity index (χ2v) is 7.74. The molecule has 0 aliphatic rings. The summed E-state index contributed by atoms with van der Waals surface area (Å²) in [5.41, 5.74) is 4.13. The molecule has 31 heavy (non-hydrogen) atoms. The molecule has 4 aromatic carbocycles. The zero-order valence-electron chi connectivity index (χ0n) is 17.4. The van der Waals surface area contributed by atoms with Gasteiger partial charge in [-0.15, -0.1) is 0 Å². The van der Waals surface area contributed by atoms with Crippen LogP contribution >= 0.6 is 0 Å². The summed E-state index contributed by atoms with van der Waals surface area (Å²) in [6.45, 7) is 2.03. The molecule has 0 radical (unpaired) electrons. The third kappa shape index (κ3) is 4.54. The number of aryl methyl sites for hydroxylation is 1. The Morgan fingerprint density at radius 1 is 0.516 bits per heavy atom.